The lowest BCUT2D eigenvalue weighted by Gasteiger charge is -2.19. The molecule has 0 fully saturated rings. The Hall–Kier alpha value is -1.60. The molecule has 0 saturated carbocycles. The van der Waals surface area contributed by atoms with Crippen molar-refractivity contribution in [2.45, 2.75) is 6.92 Å². The summed E-state index contributed by atoms with van der Waals surface area (Å²) >= 11 is 0. The fourth-order valence-corrected chi connectivity index (χ4v) is 1.17. The molecule has 2 amide bonds. The van der Waals surface area contributed by atoms with E-state index in [2.05, 4.69) is 10.5 Å². The van der Waals surface area contributed by atoms with E-state index in [9.17, 15) is 4.79 Å². The number of aryl methyl sites for hydroxylation is 1. The molecule has 1 heterocycles. The molecule has 0 aliphatic heterocycles. The Kier molecular flexibility index (Phi) is 4.74. The van der Waals surface area contributed by atoms with Gasteiger partial charge in [0.25, 0.3) is 0 Å². The van der Waals surface area contributed by atoms with Gasteiger partial charge in [-0.05, 0) is 6.92 Å². The topological polar surface area (TPSA) is 98.8 Å². The SMILES string of the molecule is Cc1cc(NC(=O)N(CCO)CCO)no1. The zero-order valence-electron chi connectivity index (χ0n) is 9.01. The van der Waals surface area contributed by atoms with Gasteiger partial charge in [-0.2, -0.15) is 0 Å². The van der Waals surface area contributed by atoms with E-state index in [-0.39, 0.29) is 26.3 Å². The lowest BCUT2D eigenvalue weighted by Crippen LogP contribution is -2.39. The number of urea groups is 1. The van der Waals surface area contributed by atoms with Crippen molar-refractivity contribution >= 4 is 11.8 Å². The molecule has 7 nitrogen and oxygen atoms in total. The van der Waals surface area contributed by atoms with Crippen LogP contribution in [0.25, 0.3) is 0 Å². The standard InChI is InChI=1S/C9H15N3O4/c1-7-6-8(11-16-7)10-9(15)12(2-4-13)3-5-14/h6,13-14H,2-5H2,1H3,(H,10,11,15). The van der Waals surface area contributed by atoms with Crippen molar-refractivity contribution in [2.75, 3.05) is 31.6 Å². The number of rotatable bonds is 5. The number of hydrogen-bond acceptors (Lipinski definition) is 5. The molecule has 1 aromatic rings. The molecule has 0 bridgehead atoms. The van der Waals surface area contributed by atoms with Crippen molar-refractivity contribution < 1.29 is 19.5 Å². The van der Waals surface area contributed by atoms with Crippen LogP contribution in [0.4, 0.5) is 10.6 Å². The third-order valence-corrected chi connectivity index (χ3v) is 1.89. The molecule has 3 N–H and O–H groups in total. The summed E-state index contributed by atoms with van der Waals surface area (Å²) in [5.41, 5.74) is 0. The maximum atomic E-state index is 11.6. The van der Waals surface area contributed by atoms with Crippen molar-refractivity contribution in [1.29, 1.82) is 0 Å². The summed E-state index contributed by atoms with van der Waals surface area (Å²) in [6, 6.07) is 1.14. The smallest absolute Gasteiger partial charge is 0.323 e. The fourth-order valence-electron chi connectivity index (χ4n) is 1.17. The summed E-state index contributed by atoms with van der Waals surface area (Å²) in [5, 5.41) is 23.6. The predicted molar refractivity (Wildman–Crippen MR) is 56.0 cm³/mol. The van der Waals surface area contributed by atoms with E-state index in [1.807, 2.05) is 0 Å². The molecule has 0 aliphatic carbocycles. The summed E-state index contributed by atoms with van der Waals surface area (Å²) in [7, 11) is 0. The number of nitrogens with zero attached hydrogens (tertiary/aromatic N) is 2. The third kappa shape index (κ3) is 3.52. The molecule has 7 heteroatoms. The van der Waals surface area contributed by atoms with Gasteiger partial charge >= 0.3 is 6.03 Å². The van der Waals surface area contributed by atoms with Crippen LogP contribution in [0.15, 0.2) is 10.6 Å². The average Bonchev–Trinajstić information content (AvgIpc) is 2.63. The summed E-state index contributed by atoms with van der Waals surface area (Å²) in [4.78, 5) is 12.9. The normalized spacial score (nSPS) is 10.2. The van der Waals surface area contributed by atoms with Gasteiger partial charge in [0.05, 0.1) is 13.2 Å². The molecular formula is C9H15N3O4. The van der Waals surface area contributed by atoms with E-state index < -0.39 is 6.03 Å². The largest absolute Gasteiger partial charge is 0.395 e. The van der Waals surface area contributed by atoms with Gasteiger partial charge in [-0.1, -0.05) is 5.16 Å². The molecule has 0 aromatic carbocycles. The van der Waals surface area contributed by atoms with Crippen LogP contribution in [0.2, 0.25) is 0 Å². The molecule has 0 atom stereocenters. The predicted octanol–water partition coefficient (Wildman–Crippen LogP) is -0.198. The van der Waals surface area contributed by atoms with E-state index >= 15 is 0 Å². The Morgan fingerprint density at radius 3 is 2.56 bits per heavy atom. The van der Waals surface area contributed by atoms with Crippen LogP contribution in [-0.2, 0) is 0 Å². The monoisotopic (exact) mass is 229 g/mol. The minimum absolute atomic E-state index is 0.156. The van der Waals surface area contributed by atoms with Crippen LogP contribution >= 0.6 is 0 Å². The second-order valence-electron chi connectivity index (χ2n) is 3.19. The molecule has 0 radical (unpaired) electrons. The Morgan fingerprint density at radius 1 is 1.50 bits per heavy atom. The van der Waals surface area contributed by atoms with E-state index in [4.69, 9.17) is 14.7 Å². The molecule has 0 unspecified atom stereocenters. The fraction of sp³-hybridized carbons (Fsp3) is 0.556. The Labute approximate surface area is 92.6 Å². The molecule has 1 rings (SSSR count). The number of anilines is 1. The minimum Gasteiger partial charge on any atom is -0.395 e. The molecule has 0 aliphatic rings. The highest BCUT2D eigenvalue weighted by Crippen LogP contribution is 2.07. The van der Waals surface area contributed by atoms with Crippen molar-refractivity contribution in [2.24, 2.45) is 0 Å². The molecule has 90 valence electrons. The van der Waals surface area contributed by atoms with Gasteiger partial charge in [0.1, 0.15) is 5.76 Å². The van der Waals surface area contributed by atoms with E-state index in [0.717, 1.165) is 0 Å². The number of amides is 2. The first-order chi connectivity index (χ1) is 7.67. The lowest BCUT2D eigenvalue weighted by atomic mass is 10.4. The Balaban J connectivity index is 2.54. The Bertz CT molecular complexity index is 333. The second-order valence-corrected chi connectivity index (χ2v) is 3.19. The number of carbonyl (C=O) groups is 1. The van der Waals surface area contributed by atoms with Crippen LogP contribution in [0.1, 0.15) is 5.76 Å². The van der Waals surface area contributed by atoms with Gasteiger partial charge in [0, 0.05) is 19.2 Å². The van der Waals surface area contributed by atoms with Gasteiger partial charge in [0.2, 0.25) is 0 Å². The van der Waals surface area contributed by atoms with Crippen molar-refractivity contribution in [3.63, 3.8) is 0 Å². The molecular weight excluding hydrogens is 214 g/mol. The van der Waals surface area contributed by atoms with E-state index in [1.165, 1.54) is 4.90 Å². The van der Waals surface area contributed by atoms with Crippen LogP contribution in [0.5, 0.6) is 0 Å². The van der Waals surface area contributed by atoms with Gasteiger partial charge in [-0.25, -0.2) is 4.79 Å². The Morgan fingerprint density at radius 2 is 2.12 bits per heavy atom. The summed E-state index contributed by atoms with van der Waals surface area (Å²) < 4.78 is 4.78. The van der Waals surface area contributed by atoms with Crippen LogP contribution in [0.3, 0.4) is 0 Å². The number of aliphatic hydroxyl groups is 2. The molecule has 0 saturated heterocycles. The zero-order valence-corrected chi connectivity index (χ0v) is 9.01. The highest BCUT2D eigenvalue weighted by molar-refractivity contribution is 5.88. The average molecular weight is 229 g/mol. The van der Waals surface area contributed by atoms with Gasteiger partial charge in [-0.15, -0.1) is 0 Å². The van der Waals surface area contributed by atoms with Gasteiger partial charge < -0.3 is 19.6 Å². The maximum Gasteiger partial charge on any atom is 0.323 e. The summed E-state index contributed by atoms with van der Waals surface area (Å²) in [6.07, 6.45) is 0. The quantitative estimate of drug-likeness (QED) is 0.649. The third-order valence-electron chi connectivity index (χ3n) is 1.89. The van der Waals surface area contributed by atoms with Gasteiger partial charge in [0.15, 0.2) is 5.82 Å². The van der Waals surface area contributed by atoms with Gasteiger partial charge in [-0.3, -0.25) is 5.32 Å². The van der Waals surface area contributed by atoms with Crippen molar-refractivity contribution in [1.82, 2.24) is 10.1 Å². The van der Waals surface area contributed by atoms with E-state index in [1.54, 1.807) is 13.0 Å². The number of carbonyl (C=O) groups excluding carboxylic acids is 1. The first kappa shape index (κ1) is 12.5. The van der Waals surface area contributed by atoms with Crippen molar-refractivity contribution in [3.8, 4) is 0 Å². The zero-order chi connectivity index (χ0) is 12.0. The first-order valence-corrected chi connectivity index (χ1v) is 4.88. The lowest BCUT2D eigenvalue weighted by molar-refractivity contribution is 0.167. The van der Waals surface area contributed by atoms with Crippen LogP contribution < -0.4 is 5.32 Å². The van der Waals surface area contributed by atoms with Crippen LogP contribution in [0, 0.1) is 6.92 Å². The highest BCUT2D eigenvalue weighted by atomic mass is 16.5. The first-order valence-electron chi connectivity index (χ1n) is 4.88. The maximum absolute atomic E-state index is 11.6. The molecule has 16 heavy (non-hydrogen) atoms. The van der Waals surface area contributed by atoms with Crippen LogP contribution in [-0.4, -0.2) is 52.6 Å². The van der Waals surface area contributed by atoms with E-state index in [0.29, 0.717) is 11.6 Å². The summed E-state index contributed by atoms with van der Waals surface area (Å²) in [5.74, 6) is 0.898. The summed E-state index contributed by atoms with van der Waals surface area (Å²) in [6.45, 7) is 1.70. The minimum atomic E-state index is -0.434. The van der Waals surface area contributed by atoms with Crippen molar-refractivity contribution in [3.05, 3.63) is 11.8 Å². The highest BCUT2D eigenvalue weighted by Gasteiger charge is 2.13. The number of aliphatic hydroxyl groups excluding tert-OH is 2. The number of hydrogen-bond donors (Lipinski definition) is 3. The molecule has 1 aromatic heterocycles. The number of aromatic nitrogens is 1. The number of nitrogens with one attached hydrogen (secondary N) is 1. The molecule has 0 spiro atoms. The second kappa shape index (κ2) is 6.09.